The fourth-order valence-electron chi connectivity index (χ4n) is 0.727. The van der Waals surface area contributed by atoms with Crippen LogP contribution in [0.5, 0.6) is 0 Å². The van der Waals surface area contributed by atoms with E-state index in [0.29, 0.717) is 0 Å². The van der Waals surface area contributed by atoms with E-state index in [1.807, 2.05) is 0 Å². The van der Waals surface area contributed by atoms with Crippen molar-refractivity contribution in [2.75, 3.05) is 5.73 Å². The second kappa shape index (κ2) is 3.45. The SMILES string of the molecule is Cl.Cn1cc(N)c(C(F)(F)Cl)n1. The van der Waals surface area contributed by atoms with Gasteiger partial charge in [0.15, 0.2) is 5.69 Å². The highest BCUT2D eigenvalue weighted by Crippen LogP contribution is 2.34. The summed E-state index contributed by atoms with van der Waals surface area (Å²) in [6.07, 6.45) is 1.27. The van der Waals surface area contributed by atoms with Crippen molar-refractivity contribution >= 4 is 29.7 Å². The van der Waals surface area contributed by atoms with E-state index in [-0.39, 0.29) is 18.1 Å². The molecule has 1 aromatic heterocycles. The predicted octanol–water partition coefficient (Wildman–Crippen LogP) is 1.71. The quantitative estimate of drug-likeness (QED) is 0.729. The molecular formula is C5H7Cl2F2N3. The van der Waals surface area contributed by atoms with Crippen molar-refractivity contribution in [2.24, 2.45) is 7.05 Å². The summed E-state index contributed by atoms with van der Waals surface area (Å²) < 4.78 is 25.9. The Bertz CT molecular complexity index is 268. The molecule has 3 nitrogen and oxygen atoms in total. The van der Waals surface area contributed by atoms with Crippen molar-refractivity contribution < 1.29 is 8.78 Å². The van der Waals surface area contributed by atoms with Crippen molar-refractivity contribution in [3.8, 4) is 0 Å². The number of halogens is 4. The lowest BCUT2D eigenvalue weighted by Gasteiger charge is -2.03. The van der Waals surface area contributed by atoms with Crippen molar-refractivity contribution in [1.82, 2.24) is 9.78 Å². The summed E-state index contributed by atoms with van der Waals surface area (Å²) in [7, 11) is 1.49. The van der Waals surface area contributed by atoms with Crippen molar-refractivity contribution in [3.05, 3.63) is 11.9 Å². The molecule has 12 heavy (non-hydrogen) atoms. The van der Waals surface area contributed by atoms with Crippen LogP contribution in [0.4, 0.5) is 14.5 Å². The number of nitrogens with zero attached hydrogens (tertiary/aromatic N) is 2. The molecule has 0 aromatic carbocycles. The topological polar surface area (TPSA) is 43.8 Å². The van der Waals surface area contributed by atoms with Gasteiger partial charge in [-0.25, -0.2) is 0 Å². The first-order valence-corrected chi connectivity index (χ1v) is 3.15. The van der Waals surface area contributed by atoms with Crippen LogP contribution in [0, 0.1) is 0 Å². The Balaban J connectivity index is 0.00000121. The Kier molecular flexibility index (Phi) is 3.29. The Morgan fingerprint density at radius 3 is 2.33 bits per heavy atom. The minimum absolute atomic E-state index is 0. The van der Waals surface area contributed by atoms with Crippen molar-refractivity contribution in [1.29, 1.82) is 0 Å². The first-order valence-electron chi connectivity index (χ1n) is 2.77. The normalized spacial score (nSPS) is 11.0. The maximum atomic E-state index is 12.3. The third-order valence-electron chi connectivity index (χ3n) is 1.13. The fourth-order valence-corrected chi connectivity index (χ4v) is 0.874. The monoisotopic (exact) mass is 217 g/mol. The van der Waals surface area contributed by atoms with E-state index in [0.717, 1.165) is 0 Å². The lowest BCUT2D eigenvalue weighted by Crippen LogP contribution is -2.07. The number of aromatic nitrogens is 2. The van der Waals surface area contributed by atoms with Crippen LogP contribution in [0.3, 0.4) is 0 Å². The lowest BCUT2D eigenvalue weighted by molar-refractivity contribution is 0.0901. The Morgan fingerprint density at radius 2 is 2.17 bits per heavy atom. The number of nitrogen functional groups attached to an aromatic ring is 1. The van der Waals surface area contributed by atoms with E-state index >= 15 is 0 Å². The van der Waals surface area contributed by atoms with Crippen molar-refractivity contribution in [3.63, 3.8) is 0 Å². The molecule has 0 saturated heterocycles. The average Bonchev–Trinajstić information content (AvgIpc) is 2.08. The molecule has 1 rings (SSSR count). The second-order valence-electron chi connectivity index (χ2n) is 2.10. The highest BCUT2D eigenvalue weighted by atomic mass is 35.5. The van der Waals surface area contributed by atoms with Gasteiger partial charge in [-0.2, -0.15) is 13.9 Å². The molecular weight excluding hydrogens is 211 g/mol. The summed E-state index contributed by atoms with van der Waals surface area (Å²) >= 11 is 4.69. The highest BCUT2D eigenvalue weighted by molar-refractivity contribution is 6.22. The largest absolute Gasteiger partial charge is 0.396 e. The van der Waals surface area contributed by atoms with Crippen LogP contribution in [0.15, 0.2) is 6.20 Å². The molecule has 0 unspecified atom stereocenters. The summed E-state index contributed by atoms with van der Waals surface area (Å²) in [6, 6.07) is 0. The van der Waals surface area contributed by atoms with E-state index in [1.54, 1.807) is 0 Å². The Hall–Kier alpha value is -0.550. The van der Waals surface area contributed by atoms with Gasteiger partial charge in [-0.3, -0.25) is 4.68 Å². The van der Waals surface area contributed by atoms with Crippen LogP contribution in [0.25, 0.3) is 0 Å². The molecule has 7 heteroatoms. The van der Waals surface area contributed by atoms with Crippen molar-refractivity contribution in [2.45, 2.75) is 5.38 Å². The number of nitrogens with two attached hydrogens (primary N) is 1. The van der Waals surface area contributed by atoms with E-state index in [2.05, 4.69) is 16.7 Å². The number of hydrogen-bond donors (Lipinski definition) is 1. The molecule has 0 radical (unpaired) electrons. The molecule has 0 aliphatic rings. The molecule has 0 aliphatic carbocycles. The summed E-state index contributed by atoms with van der Waals surface area (Å²) in [5.74, 6) is 0. The fraction of sp³-hybridized carbons (Fsp3) is 0.400. The number of hydrogen-bond acceptors (Lipinski definition) is 2. The van der Waals surface area contributed by atoms with Gasteiger partial charge in [0, 0.05) is 13.2 Å². The molecule has 2 N–H and O–H groups in total. The number of alkyl halides is 3. The highest BCUT2D eigenvalue weighted by Gasteiger charge is 2.33. The van der Waals surface area contributed by atoms with Gasteiger partial charge in [0.05, 0.1) is 5.69 Å². The van der Waals surface area contributed by atoms with Crippen LogP contribution >= 0.6 is 24.0 Å². The van der Waals surface area contributed by atoms with Gasteiger partial charge in [-0.15, -0.1) is 12.4 Å². The zero-order valence-corrected chi connectivity index (χ0v) is 7.66. The van der Waals surface area contributed by atoms with E-state index < -0.39 is 11.1 Å². The maximum absolute atomic E-state index is 12.3. The van der Waals surface area contributed by atoms with Crippen LogP contribution in [-0.4, -0.2) is 9.78 Å². The Labute approximate surface area is 78.9 Å². The molecule has 1 heterocycles. The first kappa shape index (κ1) is 11.4. The van der Waals surface area contributed by atoms with Gasteiger partial charge in [0.25, 0.3) is 0 Å². The number of rotatable bonds is 1. The number of anilines is 1. The minimum atomic E-state index is -3.48. The standard InChI is InChI=1S/C5H6ClF2N3.ClH/c1-11-2-3(9)4(10-11)5(6,7)8;/h2H,9H2,1H3;1H. The number of aryl methyl sites for hydroxylation is 1. The molecule has 0 spiro atoms. The van der Waals surface area contributed by atoms with E-state index in [1.165, 1.54) is 17.9 Å². The van der Waals surface area contributed by atoms with E-state index in [9.17, 15) is 8.78 Å². The zero-order chi connectivity index (χ0) is 8.65. The van der Waals surface area contributed by atoms with Crippen LogP contribution in [-0.2, 0) is 12.4 Å². The second-order valence-corrected chi connectivity index (χ2v) is 2.58. The van der Waals surface area contributed by atoms with Gasteiger partial charge >= 0.3 is 5.38 Å². The lowest BCUT2D eigenvalue weighted by atomic mass is 10.4. The van der Waals surface area contributed by atoms with Gasteiger partial charge in [-0.05, 0) is 11.6 Å². The smallest absolute Gasteiger partial charge is 0.368 e. The van der Waals surface area contributed by atoms with Gasteiger partial charge < -0.3 is 5.73 Å². The molecule has 0 bridgehead atoms. The summed E-state index contributed by atoms with van der Waals surface area (Å²) in [5, 5.41) is -0.0896. The third kappa shape index (κ3) is 2.22. The van der Waals surface area contributed by atoms with E-state index in [4.69, 9.17) is 5.73 Å². The summed E-state index contributed by atoms with van der Waals surface area (Å²) in [4.78, 5) is 0. The molecule has 0 amide bonds. The van der Waals surface area contributed by atoms with Gasteiger partial charge in [0.2, 0.25) is 0 Å². The third-order valence-corrected chi connectivity index (χ3v) is 1.30. The van der Waals surface area contributed by atoms with Gasteiger partial charge in [-0.1, -0.05) is 0 Å². The average molecular weight is 218 g/mol. The Morgan fingerprint density at radius 1 is 1.67 bits per heavy atom. The maximum Gasteiger partial charge on any atom is 0.368 e. The molecule has 0 fully saturated rings. The molecule has 1 aromatic rings. The molecule has 70 valence electrons. The van der Waals surface area contributed by atoms with Gasteiger partial charge in [0.1, 0.15) is 0 Å². The summed E-state index contributed by atoms with van der Waals surface area (Å²) in [6.45, 7) is 0. The zero-order valence-electron chi connectivity index (χ0n) is 6.09. The summed E-state index contributed by atoms with van der Waals surface area (Å²) in [5.41, 5.74) is 4.48. The predicted molar refractivity (Wildman–Crippen MR) is 44.6 cm³/mol. The molecule has 0 saturated carbocycles. The molecule has 0 aliphatic heterocycles. The molecule has 0 atom stereocenters. The van der Waals surface area contributed by atoms with Crippen LogP contribution in [0.1, 0.15) is 5.69 Å². The van der Waals surface area contributed by atoms with Crippen LogP contribution < -0.4 is 5.73 Å². The first-order chi connectivity index (χ1) is 4.91. The van der Waals surface area contributed by atoms with Crippen LogP contribution in [0.2, 0.25) is 0 Å². The minimum Gasteiger partial charge on any atom is -0.396 e.